The Morgan fingerprint density at radius 3 is 2.87 bits per heavy atom. The summed E-state index contributed by atoms with van der Waals surface area (Å²) in [5, 5.41) is 11.9. The van der Waals surface area contributed by atoms with Gasteiger partial charge in [0.05, 0.1) is 5.36 Å². The number of benzene rings is 2. The van der Waals surface area contributed by atoms with Crippen LogP contribution in [0.15, 0.2) is 69.1 Å². The minimum absolute atomic E-state index is 0.198. The molecule has 0 radical (unpaired) electrons. The molecule has 0 fully saturated rings. The molecule has 1 aromatic heterocycles. The second-order valence-electron chi connectivity index (χ2n) is 7.17. The molecule has 0 saturated heterocycles. The summed E-state index contributed by atoms with van der Waals surface area (Å²) in [7, 11) is 0. The fraction of sp³-hybridized carbons (Fsp3) is 0.174. The van der Waals surface area contributed by atoms with Gasteiger partial charge in [-0.05, 0) is 48.6 Å². The average molecular weight is 451 g/mol. The second kappa shape index (κ2) is 7.90. The fourth-order valence-electron chi connectivity index (χ4n) is 3.71. The number of furan rings is 1. The minimum Gasteiger partial charge on any atom is -0.457 e. The van der Waals surface area contributed by atoms with Crippen molar-refractivity contribution < 1.29 is 9.21 Å². The lowest BCUT2D eigenvalue weighted by molar-refractivity contribution is -0.116. The van der Waals surface area contributed by atoms with Crippen LogP contribution < -0.4 is 15.9 Å². The van der Waals surface area contributed by atoms with E-state index in [1.807, 2.05) is 68.4 Å². The molecule has 1 atom stereocenters. The van der Waals surface area contributed by atoms with Gasteiger partial charge < -0.3 is 4.42 Å². The van der Waals surface area contributed by atoms with Gasteiger partial charge in [-0.1, -0.05) is 54.6 Å². The zero-order valence-electron chi connectivity index (χ0n) is 16.9. The lowest BCUT2D eigenvalue weighted by Gasteiger charge is -2.32. The van der Waals surface area contributed by atoms with E-state index in [0.717, 1.165) is 27.5 Å². The molecule has 5 rings (SSSR count). The van der Waals surface area contributed by atoms with Crippen molar-refractivity contribution in [1.82, 2.24) is 10.3 Å². The Kier molecular flexibility index (Phi) is 5.08. The number of hydrogen-bond donors (Lipinski definition) is 1. The largest absolute Gasteiger partial charge is 0.457 e. The van der Waals surface area contributed by atoms with Crippen molar-refractivity contribution in [2.24, 2.45) is 10.1 Å². The topological polar surface area (TPSA) is 70.2 Å². The molecule has 156 valence electrons. The summed E-state index contributed by atoms with van der Waals surface area (Å²) in [5.41, 5.74) is 2.44. The first-order valence-corrected chi connectivity index (χ1v) is 11.3. The van der Waals surface area contributed by atoms with Crippen LogP contribution in [-0.4, -0.2) is 21.8 Å². The number of nitrogens with zero attached hydrogens (tertiary/aromatic N) is 3. The molecule has 1 amide bonds. The molecule has 2 aliphatic rings. The highest BCUT2D eigenvalue weighted by atomic mass is 35.5. The SMILES string of the molecule is CCSC1=NN2C(=c3ccccc3=NC2c2ccc(-c3cc(Cl)ccc3C)o2)C(=O)N1. The third-order valence-electron chi connectivity index (χ3n) is 5.14. The van der Waals surface area contributed by atoms with Gasteiger partial charge >= 0.3 is 0 Å². The predicted molar refractivity (Wildman–Crippen MR) is 123 cm³/mol. The number of carbonyl (C=O) groups is 1. The van der Waals surface area contributed by atoms with Crippen LogP contribution in [0.1, 0.15) is 24.4 Å². The summed E-state index contributed by atoms with van der Waals surface area (Å²) >= 11 is 7.67. The molecule has 31 heavy (non-hydrogen) atoms. The number of para-hydroxylation sites is 1. The van der Waals surface area contributed by atoms with E-state index in [9.17, 15) is 4.79 Å². The van der Waals surface area contributed by atoms with E-state index in [1.165, 1.54) is 11.8 Å². The molecule has 6 nitrogen and oxygen atoms in total. The summed E-state index contributed by atoms with van der Waals surface area (Å²) in [6.07, 6.45) is -0.586. The van der Waals surface area contributed by atoms with Gasteiger partial charge in [0.1, 0.15) is 11.5 Å². The Bertz CT molecular complexity index is 1350. The molecule has 0 spiro atoms. The van der Waals surface area contributed by atoms with E-state index in [4.69, 9.17) is 21.0 Å². The summed E-state index contributed by atoms with van der Waals surface area (Å²) < 4.78 is 6.22. The number of halogens is 1. The number of amidine groups is 1. The number of rotatable bonds is 3. The standard InChI is InChI=1S/C23H19ClN4O2S/c1-3-31-23-26-22(29)20-15-6-4-5-7-17(15)25-21(28(20)27-23)19-11-10-18(30-19)16-12-14(24)9-8-13(16)2/h4-12,21H,3H2,1-2H3,(H,26,27,29). The van der Waals surface area contributed by atoms with Gasteiger partial charge in [-0.25, -0.2) is 10.0 Å². The number of aryl methyl sites for hydroxylation is 1. The van der Waals surface area contributed by atoms with E-state index < -0.39 is 6.17 Å². The van der Waals surface area contributed by atoms with Crippen LogP contribution in [-0.2, 0) is 4.79 Å². The van der Waals surface area contributed by atoms with Crippen LogP contribution in [0.3, 0.4) is 0 Å². The van der Waals surface area contributed by atoms with Gasteiger partial charge in [0, 0.05) is 15.8 Å². The Balaban J connectivity index is 1.65. The molecule has 0 aliphatic carbocycles. The third-order valence-corrected chi connectivity index (χ3v) is 6.12. The third kappa shape index (κ3) is 3.54. The lowest BCUT2D eigenvalue weighted by atomic mass is 10.1. The molecule has 2 aliphatic heterocycles. The van der Waals surface area contributed by atoms with E-state index >= 15 is 0 Å². The average Bonchev–Trinajstić information content (AvgIpc) is 3.24. The van der Waals surface area contributed by atoms with Crippen molar-refractivity contribution in [3.8, 4) is 11.3 Å². The second-order valence-corrected chi connectivity index (χ2v) is 8.86. The van der Waals surface area contributed by atoms with Gasteiger partial charge in [0.15, 0.2) is 10.9 Å². The number of amides is 1. The molecule has 3 heterocycles. The van der Waals surface area contributed by atoms with Crippen molar-refractivity contribution in [1.29, 1.82) is 0 Å². The van der Waals surface area contributed by atoms with Crippen LogP contribution in [0.25, 0.3) is 17.0 Å². The summed E-state index contributed by atoms with van der Waals surface area (Å²) in [5.74, 6) is 1.88. The maximum absolute atomic E-state index is 13.0. The Hall–Kier alpha value is -3.03. The summed E-state index contributed by atoms with van der Waals surface area (Å²) in [6, 6.07) is 17.0. The molecular formula is C23H19ClN4O2S. The Morgan fingerprint density at radius 2 is 2.03 bits per heavy atom. The van der Waals surface area contributed by atoms with Gasteiger partial charge in [-0.3, -0.25) is 10.1 Å². The maximum Gasteiger partial charge on any atom is 0.276 e. The van der Waals surface area contributed by atoms with E-state index in [0.29, 0.717) is 27.4 Å². The summed E-state index contributed by atoms with van der Waals surface area (Å²) in [6.45, 7) is 4.02. The molecule has 1 N–H and O–H groups in total. The van der Waals surface area contributed by atoms with Crippen LogP contribution >= 0.6 is 23.4 Å². The normalized spacial score (nSPS) is 17.5. The maximum atomic E-state index is 13.0. The summed E-state index contributed by atoms with van der Waals surface area (Å²) in [4.78, 5) is 17.9. The monoisotopic (exact) mass is 450 g/mol. The van der Waals surface area contributed by atoms with Crippen molar-refractivity contribution >= 4 is 40.1 Å². The number of nitrogens with one attached hydrogen (secondary N) is 1. The van der Waals surface area contributed by atoms with Crippen molar-refractivity contribution in [2.75, 3.05) is 5.75 Å². The lowest BCUT2D eigenvalue weighted by Crippen LogP contribution is -2.50. The van der Waals surface area contributed by atoms with Crippen LogP contribution in [0.4, 0.5) is 0 Å². The van der Waals surface area contributed by atoms with Gasteiger partial charge in [0.2, 0.25) is 6.17 Å². The van der Waals surface area contributed by atoms with Crippen LogP contribution in [0.2, 0.25) is 5.02 Å². The van der Waals surface area contributed by atoms with Gasteiger partial charge in [-0.2, -0.15) is 0 Å². The predicted octanol–water partition coefficient (Wildman–Crippen LogP) is 3.80. The zero-order chi connectivity index (χ0) is 21.5. The first-order valence-electron chi connectivity index (χ1n) is 9.90. The highest BCUT2D eigenvalue weighted by Crippen LogP contribution is 2.35. The quantitative estimate of drug-likeness (QED) is 0.658. The minimum atomic E-state index is -0.586. The molecule has 8 heteroatoms. The van der Waals surface area contributed by atoms with Crippen molar-refractivity contribution in [3.63, 3.8) is 0 Å². The van der Waals surface area contributed by atoms with E-state index in [1.54, 1.807) is 5.01 Å². The van der Waals surface area contributed by atoms with Gasteiger partial charge in [-0.15, -0.1) is 5.10 Å². The Labute approximate surface area is 188 Å². The highest BCUT2D eigenvalue weighted by molar-refractivity contribution is 8.13. The zero-order valence-corrected chi connectivity index (χ0v) is 18.5. The van der Waals surface area contributed by atoms with E-state index in [2.05, 4.69) is 10.4 Å². The molecule has 0 bridgehead atoms. The Morgan fingerprint density at radius 1 is 1.19 bits per heavy atom. The first kappa shape index (κ1) is 19.9. The van der Waals surface area contributed by atoms with E-state index in [-0.39, 0.29) is 5.91 Å². The number of thioether (sulfide) groups is 1. The van der Waals surface area contributed by atoms with Crippen molar-refractivity contribution in [3.05, 3.63) is 81.5 Å². The number of hydrazone groups is 1. The number of carbonyl (C=O) groups excluding carboxylic acids is 1. The first-order chi connectivity index (χ1) is 15.0. The smallest absolute Gasteiger partial charge is 0.276 e. The van der Waals surface area contributed by atoms with Crippen molar-refractivity contribution in [2.45, 2.75) is 20.0 Å². The van der Waals surface area contributed by atoms with Crippen LogP contribution in [0.5, 0.6) is 0 Å². The van der Waals surface area contributed by atoms with Crippen LogP contribution in [0, 0.1) is 6.92 Å². The molecule has 2 aromatic carbocycles. The molecule has 1 unspecified atom stereocenters. The van der Waals surface area contributed by atoms with Gasteiger partial charge in [0.25, 0.3) is 5.91 Å². The number of hydrogen-bond acceptors (Lipinski definition) is 6. The number of fused-ring (bicyclic) bond motifs is 2. The fourth-order valence-corrected chi connectivity index (χ4v) is 4.47. The molecular weight excluding hydrogens is 432 g/mol. The highest BCUT2D eigenvalue weighted by Gasteiger charge is 2.35. The molecule has 3 aromatic rings. The molecule has 0 saturated carbocycles.